The molecule has 2 aliphatic rings. The van der Waals surface area contributed by atoms with Gasteiger partial charge >= 0.3 is 0 Å². The molecule has 0 aliphatic carbocycles. The lowest BCUT2D eigenvalue weighted by molar-refractivity contribution is -0.118. The third kappa shape index (κ3) is 3.36. The molecule has 0 bridgehead atoms. The normalized spacial score (nSPS) is 26.5. The van der Waals surface area contributed by atoms with Gasteiger partial charge in [-0.2, -0.15) is 0 Å². The topological polar surface area (TPSA) is 59.6 Å². The summed E-state index contributed by atoms with van der Waals surface area (Å²) in [6.07, 6.45) is 2.40. The molecule has 0 aromatic heterocycles. The number of anilines is 1. The molecule has 2 heterocycles. The fourth-order valence-electron chi connectivity index (χ4n) is 2.97. The van der Waals surface area contributed by atoms with Gasteiger partial charge in [0.25, 0.3) is 5.91 Å². The van der Waals surface area contributed by atoms with Gasteiger partial charge in [-0.25, -0.2) is 0 Å². The molecule has 5 nitrogen and oxygen atoms in total. The third-order valence-corrected chi connectivity index (χ3v) is 4.11. The van der Waals surface area contributed by atoms with Crippen LogP contribution in [0.2, 0.25) is 0 Å². The van der Waals surface area contributed by atoms with E-state index in [0.29, 0.717) is 12.1 Å². The number of amides is 1. The zero-order valence-corrected chi connectivity index (χ0v) is 12.5. The molecule has 0 saturated carbocycles. The maximum atomic E-state index is 11.4. The minimum atomic E-state index is -0.0986. The molecule has 114 valence electrons. The summed E-state index contributed by atoms with van der Waals surface area (Å²) in [7, 11) is 0. The van der Waals surface area contributed by atoms with E-state index >= 15 is 0 Å². The van der Waals surface area contributed by atoms with E-state index in [9.17, 15) is 4.79 Å². The predicted octanol–water partition coefficient (Wildman–Crippen LogP) is 2.24. The Bertz CT molecular complexity index is 532. The summed E-state index contributed by atoms with van der Waals surface area (Å²) in [6, 6.07) is 6.67. The van der Waals surface area contributed by atoms with E-state index in [-0.39, 0.29) is 18.6 Å². The van der Waals surface area contributed by atoms with Gasteiger partial charge in [-0.1, -0.05) is 6.07 Å². The number of fused-ring (bicyclic) bond motifs is 1. The average molecular weight is 290 g/mol. The Morgan fingerprint density at radius 2 is 2.29 bits per heavy atom. The highest BCUT2D eigenvalue weighted by atomic mass is 16.5. The smallest absolute Gasteiger partial charge is 0.262 e. The van der Waals surface area contributed by atoms with E-state index in [0.717, 1.165) is 36.4 Å². The minimum Gasteiger partial charge on any atom is -0.482 e. The monoisotopic (exact) mass is 290 g/mol. The van der Waals surface area contributed by atoms with Crippen LogP contribution in [-0.4, -0.2) is 31.3 Å². The summed E-state index contributed by atoms with van der Waals surface area (Å²) in [4.78, 5) is 11.4. The number of hydrogen-bond acceptors (Lipinski definition) is 4. The lowest BCUT2D eigenvalue weighted by atomic mass is 10.0. The molecule has 0 radical (unpaired) electrons. The number of ether oxygens (including phenoxy) is 2. The Morgan fingerprint density at radius 1 is 1.43 bits per heavy atom. The zero-order valence-electron chi connectivity index (χ0n) is 12.5. The molecule has 3 unspecified atom stereocenters. The van der Waals surface area contributed by atoms with Crippen molar-refractivity contribution in [3.63, 3.8) is 0 Å². The Labute approximate surface area is 125 Å². The Hall–Kier alpha value is -1.59. The van der Waals surface area contributed by atoms with Crippen molar-refractivity contribution in [2.45, 2.75) is 44.9 Å². The van der Waals surface area contributed by atoms with E-state index in [2.05, 4.69) is 30.5 Å². The Balaban J connectivity index is 1.68. The lowest BCUT2D eigenvalue weighted by Crippen LogP contribution is -2.39. The van der Waals surface area contributed by atoms with Gasteiger partial charge in [-0.3, -0.25) is 4.79 Å². The van der Waals surface area contributed by atoms with Gasteiger partial charge < -0.3 is 20.1 Å². The van der Waals surface area contributed by atoms with Crippen LogP contribution in [0, 0.1) is 0 Å². The summed E-state index contributed by atoms with van der Waals surface area (Å²) in [5.74, 6) is 0.642. The fourth-order valence-corrected chi connectivity index (χ4v) is 2.97. The second-order valence-corrected chi connectivity index (χ2v) is 5.88. The summed E-state index contributed by atoms with van der Waals surface area (Å²) in [6.45, 7) is 5.18. The highest BCUT2D eigenvalue weighted by Crippen LogP contribution is 2.31. The molecule has 2 N–H and O–H groups in total. The Kier molecular flexibility index (Phi) is 4.12. The van der Waals surface area contributed by atoms with Gasteiger partial charge in [0, 0.05) is 18.7 Å². The molecule has 2 aliphatic heterocycles. The zero-order chi connectivity index (χ0) is 14.8. The van der Waals surface area contributed by atoms with Gasteiger partial charge in [0.2, 0.25) is 0 Å². The first-order valence-electron chi connectivity index (χ1n) is 7.56. The van der Waals surface area contributed by atoms with Crippen LogP contribution in [0.15, 0.2) is 18.2 Å². The minimum absolute atomic E-state index is 0.0973. The first-order valence-corrected chi connectivity index (χ1v) is 7.56. The molecule has 1 saturated heterocycles. The second kappa shape index (κ2) is 6.03. The van der Waals surface area contributed by atoms with Crippen LogP contribution in [0.5, 0.6) is 5.75 Å². The first kappa shape index (κ1) is 14.4. The van der Waals surface area contributed by atoms with Crippen LogP contribution >= 0.6 is 0 Å². The van der Waals surface area contributed by atoms with Crippen molar-refractivity contribution >= 4 is 11.6 Å². The molecule has 3 rings (SSSR count). The number of hydrogen-bond donors (Lipinski definition) is 2. The second-order valence-electron chi connectivity index (χ2n) is 5.88. The molecule has 1 aromatic carbocycles. The quantitative estimate of drug-likeness (QED) is 0.896. The van der Waals surface area contributed by atoms with Crippen LogP contribution in [-0.2, 0) is 9.53 Å². The van der Waals surface area contributed by atoms with E-state index in [1.54, 1.807) is 0 Å². The van der Waals surface area contributed by atoms with E-state index < -0.39 is 0 Å². The number of benzene rings is 1. The van der Waals surface area contributed by atoms with Gasteiger partial charge in [0.15, 0.2) is 6.61 Å². The molecule has 1 fully saturated rings. The van der Waals surface area contributed by atoms with Crippen LogP contribution in [0.3, 0.4) is 0 Å². The van der Waals surface area contributed by atoms with Crippen molar-refractivity contribution < 1.29 is 14.3 Å². The van der Waals surface area contributed by atoms with Crippen LogP contribution in [0.4, 0.5) is 5.69 Å². The number of rotatable bonds is 3. The Morgan fingerprint density at radius 3 is 3.10 bits per heavy atom. The fraction of sp³-hybridized carbons (Fsp3) is 0.562. The maximum Gasteiger partial charge on any atom is 0.262 e. The number of carbonyl (C=O) groups is 1. The average Bonchev–Trinajstić information content (AvgIpc) is 2.46. The highest BCUT2D eigenvalue weighted by molar-refractivity contribution is 5.95. The molecular formula is C16H22N2O3. The summed E-state index contributed by atoms with van der Waals surface area (Å²) in [5, 5.41) is 6.50. The van der Waals surface area contributed by atoms with Gasteiger partial charge in [-0.15, -0.1) is 0 Å². The molecule has 1 aromatic rings. The predicted molar refractivity (Wildman–Crippen MR) is 80.6 cm³/mol. The lowest BCUT2D eigenvalue weighted by Gasteiger charge is -2.31. The van der Waals surface area contributed by atoms with Crippen molar-refractivity contribution in [3.8, 4) is 5.75 Å². The van der Waals surface area contributed by atoms with Crippen LogP contribution < -0.4 is 15.4 Å². The summed E-state index contributed by atoms with van der Waals surface area (Å²) < 4.78 is 11.0. The van der Waals surface area contributed by atoms with Gasteiger partial charge in [0.1, 0.15) is 5.75 Å². The maximum absolute atomic E-state index is 11.4. The highest BCUT2D eigenvalue weighted by Gasteiger charge is 2.22. The molecule has 1 amide bonds. The molecular weight excluding hydrogens is 268 g/mol. The number of nitrogens with one attached hydrogen (secondary N) is 2. The standard InChI is InChI=1S/C16H22N2O3/c1-10-7-13(5-6-20-10)17-11(2)12-3-4-15-14(8-12)18-16(19)9-21-15/h3-4,8,10-11,13,17H,5-7,9H2,1-2H3,(H,18,19). The number of carbonyl (C=O) groups excluding carboxylic acids is 1. The van der Waals surface area contributed by atoms with Gasteiger partial charge in [-0.05, 0) is 44.4 Å². The molecule has 0 spiro atoms. The van der Waals surface area contributed by atoms with Crippen molar-refractivity contribution in [1.29, 1.82) is 0 Å². The van der Waals surface area contributed by atoms with E-state index in [1.165, 1.54) is 0 Å². The largest absolute Gasteiger partial charge is 0.482 e. The molecule has 5 heteroatoms. The summed E-state index contributed by atoms with van der Waals surface area (Å²) in [5.41, 5.74) is 1.91. The molecule has 21 heavy (non-hydrogen) atoms. The first-order chi connectivity index (χ1) is 10.1. The summed E-state index contributed by atoms with van der Waals surface area (Å²) >= 11 is 0. The van der Waals surface area contributed by atoms with Crippen molar-refractivity contribution in [1.82, 2.24) is 5.32 Å². The van der Waals surface area contributed by atoms with Crippen molar-refractivity contribution in [3.05, 3.63) is 23.8 Å². The van der Waals surface area contributed by atoms with E-state index in [4.69, 9.17) is 9.47 Å². The van der Waals surface area contributed by atoms with Crippen LogP contribution in [0.1, 0.15) is 38.3 Å². The van der Waals surface area contributed by atoms with Gasteiger partial charge in [0.05, 0.1) is 11.8 Å². The SMILES string of the molecule is CC1CC(NC(C)c2ccc3c(c2)NC(=O)CO3)CCO1. The van der Waals surface area contributed by atoms with Crippen molar-refractivity contribution in [2.24, 2.45) is 0 Å². The van der Waals surface area contributed by atoms with Crippen molar-refractivity contribution in [2.75, 3.05) is 18.5 Å². The third-order valence-electron chi connectivity index (χ3n) is 4.11. The van der Waals surface area contributed by atoms with Crippen LogP contribution in [0.25, 0.3) is 0 Å². The molecule has 3 atom stereocenters. The van der Waals surface area contributed by atoms with E-state index in [1.807, 2.05) is 12.1 Å².